The molecule has 0 aliphatic heterocycles. The number of rotatable bonds is 4. The van der Waals surface area contributed by atoms with Crippen molar-refractivity contribution in [2.24, 2.45) is 0 Å². The van der Waals surface area contributed by atoms with Gasteiger partial charge in [0.15, 0.2) is 0 Å². The van der Waals surface area contributed by atoms with Gasteiger partial charge in [-0.2, -0.15) is 0 Å². The Kier molecular flexibility index (Phi) is 4.84. The van der Waals surface area contributed by atoms with Crippen LogP contribution in [0.4, 0.5) is 0 Å². The molecule has 4 heteroatoms. The Bertz CT molecular complexity index is 538. The van der Waals surface area contributed by atoms with Gasteiger partial charge in [-0.15, -0.1) is 11.3 Å². The van der Waals surface area contributed by atoms with Crippen LogP contribution in [-0.4, -0.2) is 5.11 Å². The van der Waals surface area contributed by atoms with Crippen LogP contribution in [0.1, 0.15) is 28.3 Å². The van der Waals surface area contributed by atoms with Crippen LogP contribution in [0.25, 0.3) is 0 Å². The molecule has 0 fully saturated rings. The summed E-state index contributed by atoms with van der Waals surface area (Å²) in [6, 6.07) is 9.79. The fourth-order valence-electron chi connectivity index (χ4n) is 1.75. The molecule has 0 bridgehead atoms. The highest BCUT2D eigenvalue weighted by molar-refractivity contribution is 9.10. The summed E-state index contributed by atoms with van der Waals surface area (Å²) in [5.41, 5.74) is 0.856. The lowest BCUT2D eigenvalue weighted by Gasteiger charge is -2.10. The molecule has 1 aromatic carbocycles. The van der Waals surface area contributed by atoms with E-state index < -0.39 is 6.10 Å². The first-order valence-electron chi connectivity index (χ1n) is 5.80. The van der Waals surface area contributed by atoms with Crippen LogP contribution in [0.2, 0.25) is 5.02 Å². The van der Waals surface area contributed by atoms with Gasteiger partial charge < -0.3 is 5.11 Å². The van der Waals surface area contributed by atoms with Crippen molar-refractivity contribution < 1.29 is 5.11 Å². The average molecular weight is 346 g/mol. The van der Waals surface area contributed by atoms with E-state index in [1.54, 1.807) is 11.3 Å². The molecule has 1 aromatic heterocycles. The molecule has 1 nitrogen and oxygen atoms in total. The maximum absolute atomic E-state index is 10.2. The molecule has 0 aliphatic carbocycles. The number of benzene rings is 1. The van der Waals surface area contributed by atoms with Gasteiger partial charge in [0.2, 0.25) is 0 Å². The van der Waals surface area contributed by atoms with Gasteiger partial charge in [0.05, 0.1) is 11.1 Å². The number of aliphatic hydroxyl groups is 1. The molecule has 0 saturated carbocycles. The van der Waals surface area contributed by atoms with E-state index in [-0.39, 0.29) is 0 Å². The molecule has 2 aromatic rings. The van der Waals surface area contributed by atoms with E-state index in [1.165, 1.54) is 9.75 Å². The molecule has 0 aliphatic rings. The molecule has 1 atom stereocenters. The lowest BCUT2D eigenvalue weighted by molar-refractivity contribution is 0.179. The Morgan fingerprint density at radius 1 is 1.28 bits per heavy atom. The monoisotopic (exact) mass is 344 g/mol. The van der Waals surface area contributed by atoms with Gasteiger partial charge in [-0.3, -0.25) is 0 Å². The molecule has 0 saturated heterocycles. The minimum atomic E-state index is -0.501. The highest BCUT2D eigenvalue weighted by Crippen LogP contribution is 2.29. The van der Waals surface area contributed by atoms with E-state index in [2.05, 4.69) is 35.0 Å². The standard InChI is InChI=1S/C14H14BrClOS/c1-2-10-4-5-11(18-10)8-14(17)9-3-6-12(15)13(16)7-9/h3-7,14,17H,2,8H2,1H3. The van der Waals surface area contributed by atoms with Crippen molar-refractivity contribution in [1.29, 1.82) is 0 Å². The number of halogens is 2. The summed E-state index contributed by atoms with van der Waals surface area (Å²) in [5.74, 6) is 0. The summed E-state index contributed by atoms with van der Waals surface area (Å²) in [7, 11) is 0. The minimum Gasteiger partial charge on any atom is -0.388 e. The predicted octanol–water partition coefficient (Wildman–Crippen LogP) is 5.00. The fourth-order valence-corrected chi connectivity index (χ4v) is 3.18. The summed E-state index contributed by atoms with van der Waals surface area (Å²) >= 11 is 11.1. The quantitative estimate of drug-likeness (QED) is 0.826. The second kappa shape index (κ2) is 6.20. The van der Waals surface area contributed by atoms with E-state index in [0.29, 0.717) is 11.4 Å². The predicted molar refractivity (Wildman–Crippen MR) is 81.5 cm³/mol. The number of thiophene rings is 1. The lowest BCUT2D eigenvalue weighted by atomic mass is 10.1. The Morgan fingerprint density at radius 3 is 2.61 bits per heavy atom. The van der Waals surface area contributed by atoms with Gasteiger partial charge in [0.1, 0.15) is 0 Å². The van der Waals surface area contributed by atoms with Crippen LogP contribution < -0.4 is 0 Å². The Hall–Kier alpha value is -0.350. The molecule has 18 heavy (non-hydrogen) atoms. The van der Waals surface area contributed by atoms with Crippen LogP contribution in [-0.2, 0) is 12.8 Å². The van der Waals surface area contributed by atoms with Gasteiger partial charge in [-0.1, -0.05) is 24.6 Å². The highest BCUT2D eigenvalue weighted by atomic mass is 79.9. The largest absolute Gasteiger partial charge is 0.388 e. The molecule has 1 heterocycles. The first kappa shape index (κ1) is 14.1. The summed E-state index contributed by atoms with van der Waals surface area (Å²) in [6.45, 7) is 2.14. The van der Waals surface area contributed by atoms with E-state index in [4.69, 9.17) is 11.6 Å². The van der Waals surface area contributed by atoms with Gasteiger partial charge in [-0.05, 0) is 52.2 Å². The number of aryl methyl sites for hydroxylation is 1. The topological polar surface area (TPSA) is 20.2 Å². The second-order valence-electron chi connectivity index (χ2n) is 4.12. The van der Waals surface area contributed by atoms with Crippen molar-refractivity contribution >= 4 is 38.9 Å². The molecule has 1 unspecified atom stereocenters. The van der Waals surface area contributed by atoms with Gasteiger partial charge in [0.25, 0.3) is 0 Å². The zero-order chi connectivity index (χ0) is 13.1. The molecule has 0 spiro atoms. The molecule has 96 valence electrons. The van der Waals surface area contributed by atoms with Crippen molar-refractivity contribution in [3.05, 3.63) is 55.1 Å². The number of hydrogen-bond donors (Lipinski definition) is 1. The van der Waals surface area contributed by atoms with E-state index in [1.807, 2.05) is 18.2 Å². The third-order valence-corrected chi connectivity index (χ3v) is 5.27. The Labute approximate surface area is 125 Å². The van der Waals surface area contributed by atoms with Crippen LogP contribution >= 0.6 is 38.9 Å². The summed E-state index contributed by atoms with van der Waals surface area (Å²) in [6.07, 6.45) is 1.19. The lowest BCUT2D eigenvalue weighted by Crippen LogP contribution is -2.00. The summed E-state index contributed by atoms with van der Waals surface area (Å²) in [4.78, 5) is 2.56. The summed E-state index contributed by atoms with van der Waals surface area (Å²) in [5, 5.41) is 10.8. The van der Waals surface area contributed by atoms with Crippen LogP contribution in [0.15, 0.2) is 34.8 Å². The van der Waals surface area contributed by atoms with E-state index in [9.17, 15) is 5.11 Å². The number of aliphatic hydroxyl groups excluding tert-OH is 1. The maximum atomic E-state index is 10.2. The molecular formula is C14H14BrClOS. The van der Waals surface area contributed by atoms with Crippen molar-refractivity contribution in [2.75, 3.05) is 0 Å². The van der Waals surface area contributed by atoms with Crippen molar-refractivity contribution in [1.82, 2.24) is 0 Å². The zero-order valence-corrected chi connectivity index (χ0v) is 13.1. The van der Waals surface area contributed by atoms with E-state index in [0.717, 1.165) is 16.5 Å². The first-order chi connectivity index (χ1) is 8.60. The smallest absolute Gasteiger partial charge is 0.0838 e. The van der Waals surface area contributed by atoms with Crippen molar-refractivity contribution in [3.63, 3.8) is 0 Å². The normalized spacial score (nSPS) is 12.7. The van der Waals surface area contributed by atoms with Gasteiger partial charge in [0, 0.05) is 20.6 Å². The van der Waals surface area contributed by atoms with Gasteiger partial charge >= 0.3 is 0 Å². The Morgan fingerprint density at radius 2 is 2.00 bits per heavy atom. The third kappa shape index (κ3) is 3.35. The number of hydrogen-bond acceptors (Lipinski definition) is 2. The average Bonchev–Trinajstić information content (AvgIpc) is 2.80. The zero-order valence-electron chi connectivity index (χ0n) is 9.99. The second-order valence-corrected chi connectivity index (χ2v) is 6.63. The molecule has 2 rings (SSSR count). The van der Waals surface area contributed by atoms with Crippen LogP contribution in [0, 0.1) is 0 Å². The van der Waals surface area contributed by atoms with Crippen molar-refractivity contribution in [2.45, 2.75) is 25.9 Å². The van der Waals surface area contributed by atoms with E-state index >= 15 is 0 Å². The molecule has 1 N–H and O–H groups in total. The molecule has 0 radical (unpaired) electrons. The maximum Gasteiger partial charge on any atom is 0.0838 e. The fraction of sp³-hybridized carbons (Fsp3) is 0.286. The SMILES string of the molecule is CCc1ccc(CC(O)c2ccc(Br)c(Cl)c2)s1. The molecule has 0 amide bonds. The first-order valence-corrected chi connectivity index (χ1v) is 7.79. The Balaban J connectivity index is 2.11. The minimum absolute atomic E-state index is 0.501. The van der Waals surface area contributed by atoms with Crippen LogP contribution in [0.3, 0.4) is 0 Å². The summed E-state index contributed by atoms with van der Waals surface area (Å²) < 4.78 is 0.851. The highest BCUT2D eigenvalue weighted by Gasteiger charge is 2.11. The third-order valence-electron chi connectivity index (χ3n) is 2.79. The van der Waals surface area contributed by atoms with Crippen LogP contribution in [0.5, 0.6) is 0 Å². The van der Waals surface area contributed by atoms with Crippen molar-refractivity contribution in [3.8, 4) is 0 Å². The van der Waals surface area contributed by atoms with Gasteiger partial charge in [-0.25, -0.2) is 0 Å². The molecular weight excluding hydrogens is 332 g/mol.